The number of nitrogens with zero attached hydrogens (tertiary/aromatic N) is 2. The molecule has 4 nitrogen and oxygen atoms in total. The molecule has 3 heterocycles. The highest BCUT2D eigenvalue weighted by Crippen LogP contribution is 2.50. The van der Waals surface area contributed by atoms with Crippen LogP contribution in [-0.2, 0) is 0 Å². The van der Waals surface area contributed by atoms with E-state index in [1.807, 2.05) is 36.4 Å². The molecule has 5 rings (SSSR count). The van der Waals surface area contributed by atoms with Gasteiger partial charge < -0.3 is 10.5 Å². The number of allylic oxidation sites excluding steroid dienone is 1. The number of halogens is 1. The van der Waals surface area contributed by atoms with Gasteiger partial charge in [-0.05, 0) is 17.7 Å². The fourth-order valence-electron chi connectivity index (χ4n) is 3.47. The van der Waals surface area contributed by atoms with Crippen LogP contribution in [-0.4, -0.2) is 10.2 Å². The number of benzene rings is 2. The molecule has 0 saturated heterocycles. The summed E-state index contributed by atoms with van der Waals surface area (Å²) in [5.41, 5.74) is 10.7. The van der Waals surface area contributed by atoms with Crippen LogP contribution >= 0.6 is 11.6 Å². The normalized spacial score (nSPS) is 18.4. The average Bonchev–Trinajstić information content (AvgIpc) is 2.61. The number of hydrogen-bond acceptors (Lipinski definition) is 4. The lowest BCUT2D eigenvalue weighted by Gasteiger charge is -2.32. The Hall–Kier alpha value is -2.85. The maximum Gasteiger partial charge on any atom is 0.198 e. The van der Waals surface area contributed by atoms with E-state index in [4.69, 9.17) is 22.1 Å². The molecule has 2 N–H and O–H groups in total. The molecule has 2 aliphatic heterocycles. The first-order valence-corrected chi connectivity index (χ1v) is 8.00. The van der Waals surface area contributed by atoms with Crippen molar-refractivity contribution in [2.75, 3.05) is 0 Å². The van der Waals surface area contributed by atoms with Crippen molar-refractivity contribution in [1.82, 2.24) is 4.98 Å². The highest BCUT2D eigenvalue weighted by Gasteiger charge is 2.37. The topological polar surface area (TPSA) is 60.5 Å². The number of pyridine rings is 1. The zero-order valence-electron chi connectivity index (χ0n) is 12.5. The standard InChI is InChI=1S/C19H12ClN3O/c20-18-15-14(11-5-1-2-6-13(11)23-18)12-8-7-10-4-3-9-22-16(10)17(12)24-19(15)21/h1-9,14H,21H2. The minimum Gasteiger partial charge on any atom is -0.439 e. The molecule has 116 valence electrons. The van der Waals surface area contributed by atoms with E-state index in [2.05, 4.69) is 22.1 Å². The van der Waals surface area contributed by atoms with E-state index in [1.165, 1.54) is 0 Å². The summed E-state index contributed by atoms with van der Waals surface area (Å²) in [6.07, 6.45) is 1.75. The predicted molar refractivity (Wildman–Crippen MR) is 94.8 cm³/mol. The first-order chi connectivity index (χ1) is 11.7. The zero-order chi connectivity index (χ0) is 16.3. The van der Waals surface area contributed by atoms with Crippen LogP contribution in [0.5, 0.6) is 5.75 Å². The van der Waals surface area contributed by atoms with Gasteiger partial charge in [-0.25, -0.2) is 4.99 Å². The molecule has 1 atom stereocenters. The van der Waals surface area contributed by atoms with Gasteiger partial charge in [-0.2, -0.15) is 0 Å². The number of hydrogen-bond donors (Lipinski definition) is 1. The van der Waals surface area contributed by atoms with E-state index in [0.717, 1.165) is 33.3 Å². The number of ether oxygens (including phenoxy) is 1. The van der Waals surface area contributed by atoms with E-state index in [9.17, 15) is 0 Å². The van der Waals surface area contributed by atoms with Gasteiger partial charge in [0, 0.05) is 23.1 Å². The molecule has 0 bridgehead atoms. The van der Waals surface area contributed by atoms with Crippen molar-refractivity contribution in [2.45, 2.75) is 5.92 Å². The molecule has 0 fully saturated rings. The molecule has 0 saturated carbocycles. The van der Waals surface area contributed by atoms with Crippen LogP contribution in [0.1, 0.15) is 17.0 Å². The Kier molecular flexibility index (Phi) is 2.73. The first kappa shape index (κ1) is 13.6. The first-order valence-electron chi connectivity index (χ1n) is 7.62. The molecule has 1 unspecified atom stereocenters. The Morgan fingerprint density at radius 2 is 1.88 bits per heavy atom. The molecule has 0 spiro atoms. The van der Waals surface area contributed by atoms with Gasteiger partial charge in [-0.15, -0.1) is 0 Å². The molecular formula is C19H12ClN3O. The second-order valence-corrected chi connectivity index (χ2v) is 6.19. The second kappa shape index (κ2) is 4.82. The quantitative estimate of drug-likeness (QED) is 0.670. The molecule has 2 aliphatic rings. The molecule has 2 aromatic carbocycles. The lowest BCUT2D eigenvalue weighted by molar-refractivity contribution is 0.398. The molecule has 0 amide bonds. The minimum atomic E-state index is -0.0960. The van der Waals surface area contributed by atoms with Crippen LogP contribution < -0.4 is 10.5 Å². The van der Waals surface area contributed by atoms with Gasteiger partial charge in [0.05, 0.1) is 11.3 Å². The summed E-state index contributed by atoms with van der Waals surface area (Å²) in [5, 5.41) is 1.39. The molecular weight excluding hydrogens is 322 g/mol. The van der Waals surface area contributed by atoms with Gasteiger partial charge in [-0.1, -0.05) is 48.0 Å². The third kappa shape index (κ3) is 1.74. The largest absolute Gasteiger partial charge is 0.439 e. The van der Waals surface area contributed by atoms with E-state index in [0.29, 0.717) is 10.9 Å². The highest BCUT2D eigenvalue weighted by atomic mass is 35.5. The number of aliphatic imine (C=N–C) groups is 1. The van der Waals surface area contributed by atoms with E-state index < -0.39 is 0 Å². The molecule has 1 aromatic heterocycles. The number of para-hydroxylation sites is 1. The van der Waals surface area contributed by atoms with Crippen LogP contribution in [0, 0.1) is 0 Å². The van der Waals surface area contributed by atoms with Crippen LogP contribution in [0.15, 0.2) is 71.2 Å². The van der Waals surface area contributed by atoms with E-state index in [-0.39, 0.29) is 11.8 Å². The Morgan fingerprint density at radius 3 is 2.79 bits per heavy atom. The Bertz CT molecular complexity index is 1070. The van der Waals surface area contributed by atoms with Gasteiger partial charge in [0.15, 0.2) is 11.6 Å². The summed E-state index contributed by atoms with van der Waals surface area (Å²) < 4.78 is 5.93. The van der Waals surface area contributed by atoms with E-state index in [1.54, 1.807) is 6.20 Å². The summed E-state index contributed by atoms with van der Waals surface area (Å²) in [4.78, 5) is 8.94. The predicted octanol–water partition coefficient (Wildman–Crippen LogP) is 4.21. The summed E-state index contributed by atoms with van der Waals surface area (Å²) >= 11 is 6.41. The monoisotopic (exact) mass is 333 g/mol. The second-order valence-electron chi connectivity index (χ2n) is 5.83. The summed E-state index contributed by atoms with van der Waals surface area (Å²) in [7, 11) is 0. The van der Waals surface area contributed by atoms with Crippen molar-refractivity contribution >= 4 is 33.4 Å². The van der Waals surface area contributed by atoms with Crippen LogP contribution in [0.3, 0.4) is 0 Å². The van der Waals surface area contributed by atoms with Crippen molar-refractivity contribution in [3.63, 3.8) is 0 Å². The van der Waals surface area contributed by atoms with Gasteiger partial charge in [0.2, 0.25) is 0 Å². The summed E-state index contributed by atoms with van der Waals surface area (Å²) in [5.74, 6) is 0.885. The van der Waals surface area contributed by atoms with Crippen molar-refractivity contribution < 1.29 is 4.74 Å². The van der Waals surface area contributed by atoms with Gasteiger partial charge in [0.25, 0.3) is 0 Å². The smallest absolute Gasteiger partial charge is 0.198 e. The molecule has 5 heteroatoms. The van der Waals surface area contributed by atoms with Crippen LogP contribution in [0.2, 0.25) is 0 Å². The minimum absolute atomic E-state index is 0.0960. The fraction of sp³-hybridized carbons (Fsp3) is 0.0526. The number of rotatable bonds is 0. The lowest BCUT2D eigenvalue weighted by atomic mass is 9.80. The van der Waals surface area contributed by atoms with Crippen molar-refractivity contribution in [1.29, 1.82) is 0 Å². The number of nitrogens with two attached hydrogens (primary N) is 1. The van der Waals surface area contributed by atoms with Crippen molar-refractivity contribution in [2.24, 2.45) is 10.7 Å². The number of fused-ring (bicyclic) bond motifs is 7. The maximum atomic E-state index is 6.41. The average molecular weight is 334 g/mol. The zero-order valence-corrected chi connectivity index (χ0v) is 13.3. The number of aromatic nitrogens is 1. The fourth-order valence-corrected chi connectivity index (χ4v) is 3.77. The van der Waals surface area contributed by atoms with Gasteiger partial charge in [0.1, 0.15) is 10.7 Å². The summed E-state index contributed by atoms with van der Waals surface area (Å²) in [6.45, 7) is 0. The molecule has 24 heavy (non-hydrogen) atoms. The molecule has 3 aromatic rings. The lowest BCUT2D eigenvalue weighted by Crippen LogP contribution is -2.26. The third-order valence-corrected chi connectivity index (χ3v) is 4.81. The van der Waals surface area contributed by atoms with Crippen LogP contribution in [0.25, 0.3) is 10.9 Å². The van der Waals surface area contributed by atoms with Crippen LogP contribution in [0.4, 0.5) is 5.69 Å². The molecule has 0 aliphatic carbocycles. The Morgan fingerprint density at radius 1 is 1.00 bits per heavy atom. The van der Waals surface area contributed by atoms with Gasteiger partial charge in [-0.3, -0.25) is 4.98 Å². The van der Waals surface area contributed by atoms with Crippen molar-refractivity contribution in [3.05, 3.63) is 77.3 Å². The van der Waals surface area contributed by atoms with Crippen molar-refractivity contribution in [3.8, 4) is 5.75 Å². The third-order valence-electron chi connectivity index (χ3n) is 4.52. The maximum absolute atomic E-state index is 6.41. The SMILES string of the molecule is NC1=C2C(Cl)=Nc3ccccc3C2c2ccc3cccnc3c2O1. The van der Waals surface area contributed by atoms with E-state index >= 15 is 0 Å². The Balaban J connectivity index is 1.87. The summed E-state index contributed by atoms with van der Waals surface area (Å²) in [6, 6.07) is 16.0. The highest BCUT2D eigenvalue weighted by molar-refractivity contribution is 6.70. The molecule has 0 radical (unpaired) electrons. The van der Waals surface area contributed by atoms with Gasteiger partial charge >= 0.3 is 0 Å². The Labute approximate surface area is 143 Å².